The van der Waals surface area contributed by atoms with Gasteiger partial charge in [0.15, 0.2) is 4.80 Å². The van der Waals surface area contributed by atoms with Crippen molar-refractivity contribution in [2.75, 3.05) is 13.2 Å². The molecule has 4 rings (SSSR count). The fourth-order valence-electron chi connectivity index (χ4n) is 3.93. The second-order valence-electron chi connectivity index (χ2n) is 7.94. The van der Waals surface area contributed by atoms with E-state index >= 15 is 0 Å². The Morgan fingerprint density at radius 2 is 1.72 bits per heavy atom. The zero-order valence-electron chi connectivity index (χ0n) is 18.8. The van der Waals surface area contributed by atoms with Gasteiger partial charge in [0.1, 0.15) is 0 Å². The lowest BCUT2D eigenvalue weighted by molar-refractivity contribution is 0.0996. The van der Waals surface area contributed by atoms with Crippen LogP contribution in [0.15, 0.2) is 71.7 Å². The third kappa shape index (κ3) is 5.06. The Labute approximate surface area is 192 Å². The summed E-state index contributed by atoms with van der Waals surface area (Å²) < 4.78 is 8.84. The van der Waals surface area contributed by atoms with Crippen molar-refractivity contribution in [3.63, 3.8) is 0 Å². The molecule has 0 atom stereocenters. The second kappa shape index (κ2) is 10.1. The molecule has 32 heavy (non-hydrogen) atoms. The number of aryl methyl sites for hydroxylation is 2. The molecule has 3 aromatic carbocycles. The second-order valence-corrected chi connectivity index (χ2v) is 8.95. The monoisotopic (exact) mass is 444 g/mol. The van der Waals surface area contributed by atoms with Crippen LogP contribution < -0.4 is 4.80 Å². The van der Waals surface area contributed by atoms with Crippen LogP contribution in [0.3, 0.4) is 0 Å². The first kappa shape index (κ1) is 22.2. The molecule has 4 aromatic rings. The number of benzene rings is 3. The fourth-order valence-corrected chi connectivity index (χ4v) is 5.16. The number of thiazole rings is 1. The number of aromatic nitrogens is 1. The van der Waals surface area contributed by atoms with Gasteiger partial charge in [-0.1, -0.05) is 59.9 Å². The summed E-state index contributed by atoms with van der Waals surface area (Å²) in [5.74, 6) is -0.220. The lowest BCUT2D eigenvalue weighted by Crippen LogP contribution is -2.20. The van der Waals surface area contributed by atoms with E-state index in [1.807, 2.05) is 49.4 Å². The van der Waals surface area contributed by atoms with Crippen LogP contribution in [0.4, 0.5) is 0 Å². The molecule has 0 aliphatic heterocycles. The van der Waals surface area contributed by atoms with E-state index in [9.17, 15) is 4.79 Å². The molecule has 0 bridgehead atoms. The van der Waals surface area contributed by atoms with E-state index in [4.69, 9.17) is 4.74 Å². The van der Waals surface area contributed by atoms with Gasteiger partial charge in [-0.15, -0.1) is 0 Å². The number of carbonyl (C=O) groups excluding carboxylic acids is 1. The molecule has 0 spiro atoms. The van der Waals surface area contributed by atoms with E-state index < -0.39 is 0 Å². The highest BCUT2D eigenvalue weighted by Gasteiger charge is 2.12. The average Bonchev–Trinajstić information content (AvgIpc) is 3.12. The van der Waals surface area contributed by atoms with Crippen molar-refractivity contribution in [1.29, 1.82) is 0 Å². The van der Waals surface area contributed by atoms with Crippen molar-refractivity contribution in [2.45, 2.75) is 33.7 Å². The van der Waals surface area contributed by atoms with Gasteiger partial charge >= 0.3 is 0 Å². The topological polar surface area (TPSA) is 43.6 Å². The van der Waals surface area contributed by atoms with E-state index in [0.29, 0.717) is 30.1 Å². The summed E-state index contributed by atoms with van der Waals surface area (Å²) in [5.41, 5.74) is 6.55. The highest BCUT2D eigenvalue weighted by atomic mass is 32.1. The maximum atomic E-state index is 13.0. The zero-order chi connectivity index (χ0) is 22.5. The van der Waals surface area contributed by atoms with Gasteiger partial charge in [0.2, 0.25) is 0 Å². The Hall–Kier alpha value is -3.02. The molecule has 5 heteroatoms. The normalized spacial score (nSPS) is 11.9. The number of hydrogen-bond donors (Lipinski definition) is 0. The van der Waals surface area contributed by atoms with Crippen LogP contribution in [0.1, 0.15) is 39.5 Å². The molecule has 0 aliphatic rings. The maximum absolute atomic E-state index is 13.0. The van der Waals surface area contributed by atoms with Gasteiger partial charge < -0.3 is 9.30 Å². The van der Waals surface area contributed by atoms with E-state index in [1.165, 1.54) is 22.3 Å². The van der Waals surface area contributed by atoms with Crippen LogP contribution in [-0.2, 0) is 17.7 Å². The molecule has 164 valence electrons. The van der Waals surface area contributed by atoms with Gasteiger partial charge in [0.25, 0.3) is 5.91 Å². The Morgan fingerprint density at radius 3 is 2.44 bits per heavy atom. The molecule has 4 nitrogen and oxygen atoms in total. The highest BCUT2D eigenvalue weighted by molar-refractivity contribution is 7.16. The first-order valence-corrected chi connectivity index (χ1v) is 11.8. The molecule has 0 unspecified atom stereocenters. The van der Waals surface area contributed by atoms with E-state index in [2.05, 4.69) is 47.7 Å². The molecule has 0 saturated heterocycles. The van der Waals surface area contributed by atoms with Crippen molar-refractivity contribution >= 4 is 27.5 Å². The first-order valence-electron chi connectivity index (χ1n) is 11.0. The Morgan fingerprint density at radius 1 is 1.00 bits per heavy atom. The summed E-state index contributed by atoms with van der Waals surface area (Å²) in [5, 5.41) is 0. The zero-order valence-corrected chi connectivity index (χ0v) is 19.6. The van der Waals surface area contributed by atoms with E-state index in [0.717, 1.165) is 16.6 Å². The third-order valence-electron chi connectivity index (χ3n) is 5.42. The lowest BCUT2D eigenvalue weighted by Gasteiger charge is -2.08. The average molecular weight is 445 g/mol. The summed E-state index contributed by atoms with van der Waals surface area (Å²) in [4.78, 5) is 18.2. The summed E-state index contributed by atoms with van der Waals surface area (Å²) in [6.45, 7) is 8.11. The molecular weight excluding hydrogens is 416 g/mol. The van der Waals surface area contributed by atoms with Crippen molar-refractivity contribution in [3.8, 4) is 0 Å². The summed E-state index contributed by atoms with van der Waals surface area (Å²) >= 11 is 1.56. The van der Waals surface area contributed by atoms with E-state index in [-0.39, 0.29) is 5.91 Å². The number of hydrogen-bond acceptors (Lipinski definition) is 3. The Kier molecular flexibility index (Phi) is 6.98. The standard InChI is InChI=1S/C27H28N2O2S/c1-4-31-15-14-29-25-20(3)16-19(2)17-24(25)32-27(29)28-26(30)23-12-10-22(11-13-23)18-21-8-6-5-7-9-21/h5-13,16-17H,4,14-15,18H2,1-3H3. The third-order valence-corrected chi connectivity index (χ3v) is 6.45. The number of nitrogens with zero attached hydrogens (tertiary/aromatic N) is 2. The van der Waals surface area contributed by atoms with Crippen LogP contribution in [0.25, 0.3) is 10.2 Å². The van der Waals surface area contributed by atoms with Crippen molar-refractivity contribution in [3.05, 3.63) is 99.3 Å². The van der Waals surface area contributed by atoms with Crippen molar-refractivity contribution in [2.24, 2.45) is 4.99 Å². The molecular formula is C27H28N2O2S. The van der Waals surface area contributed by atoms with Gasteiger partial charge in [0.05, 0.1) is 16.8 Å². The van der Waals surface area contributed by atoms with Gasteiger partial charge in [-0.3, -0.25) is 4.79 Å². The SMILES string of the molecule is CCOCCn1c(=NC(=O)c2ccc(Cc3ccccc3)cc2)sc2cc(C)cc(C)c21. The lowest BCUT2D eigenvalue weighted by atomic mass is 10.0. The van der Waals surface area contributed by atoms with Gasteiger partial charge in [0, 0.05) is 18.7 Å². The van der Waals surface area contributed by atoms with Crippen molar-refractivity contribution < 1.29 is 9.53 Å². The predicted molar refractivity (Wildman–Crippen MR) is 131 cm³/mol. The minimum Gasteiger partial charge on any atom is -0.380 e. The number of ether oxygens (including phenoxy) is 1. The Bertz CT molecular complexity index is 1290. The summed E-state index contributed by atoms with van der Waals surface area (Å²) in [6.07, 6.45) is 0.846. The van der Waals surface area contributed by atoms with Crippen LogP contribution in [0, 0.1) is 13.8 Å². The predicted octanol–water partition coefficient (Wildman–Crippen LogP) is 5.69. The number of carbonyl (C=O) groups is 1. The van der Waals surface area contributed by atoms with E-state index in [1.54, 1.807) is 11.3 Å². The van der Waals surface area contributed by atoms with Gasteiger partial charge in [-0.25, -0.2) is 0 Å². The van der Waals surface area contributed by atoms with Crippen LogP contribution >= 0.6 is 11.3 Å². The van der Waals surface area contributed by atoms with Crippen LogP contribution in [0.5, 0.6) is 0 Å². The van der Waals surface area contributed by atoms with Crippen LogP contribution in [-0.4, -0.2) is 23.7 Å². The molecule has 0 radical (unpaired) electrons. The minimum atomic E-state index is -0.220. The van der Waals surface area contributed by atoms with Gasteiger partial charge in [-0.05, 0) is 67.6 Å². The van der Waals surface area contributed by atoms with Gasteiger partial charge in [-0.2, -0.15) is 4.99 Å². The molecule has 0 saturated carbocycles. The maximum Gasteiger partial charge on any atom is 0.279 e. The van der Waals surface area contributed by atoms with Crippen LogP contribution in [0.2, 0.25) is 0 Å². The Balaban J connectivity index is 1.65. The smallest absolute Gasteiger partial charge is 0.279 e. The molecule has 0 N–H and O–H groups in total. The quantitative estimate of drug-likeness (QED) is 0.344. The number of rotatable bonds is 7. The summed E-state index contributed by atoms with van der Waals surface area (Å²) in [7, 11) is 0. The first-order chi connectivity index (χ1) is 15.5. The number of amides is 1. The highest BCUT2D eigenvalue weighted by Crippen LogP contribution is 2.23. The molecule has 1 aromatic heterocycles. The minimum absolute atomic E-state index is 0.220. The number of fused-ring (bicyclic) bond motifs is 1. The molecule has 1 amide bonds. The molecule has 0 fully saturated rings. The molecule has 1 heterocycles. The summed E-state index contributed by atoms with van der Waals surface area (Å²) in [6, 6.07) is 22.4. The fraction of sp³-hybridized carbons (Fsp3) is 0.259. The largest absolute Gasteiger partial charge is 0.380 e. The molecule has 0 aliphatic carbocycles. The van der Waals surface area contributed by atoms with Crippen molar-refractivity contribution in [1.82, 2.24) is 4.57 Å².